The van der Waals surface area contributed by atoms with Crippen molar-refractivity contribution in [3.05, 3.63) is 108 Å². The molecule has 0 spiro atoms. The van der Waals surface area contributed by atoms with Crippen molar-refractivity contribution in [2.45, 2.75) is 23.6 Å². The van der Waals surface area contributed by atoms with E-state index in [1.165, 1.54) is 48.5 Å². The average molecular weight is 553 g/mol. The van der Waals surface area contributed by atoms with E-state index in [1.807, 2.05) is 13.8 Å². The third-order valence-corrected chi connectivity index (χ3v) is 7.79. The van der Waals surface area contributed by atoms with Gasteiger partial charge in [-0.05, 0) is 62.4 Å². The second kappa shape index (κ2) is 11.0. The summed E-state index contributed by atoms with van der Waals surface area (Å²) in [7, 11) is -8.32. The number of rotatable bonds is 8. The Morgan fingerprint density at radius 3 is 1.26 bits per heavy atom. The van der Waals surface area contributed by atoms with Crippen LogP contribution in [0.15, 0.2) is 107 Å². The highest BCUT2D eigenvalue weighted by Gasteiger charge is 2.21. The van der Waals surface area contributed by atoms with Crippen LogP contribution >= 0.6 is 0 Å². The molecule has 38 heavy (non-hydrogen) atoms. The van der Waals surface area contributed by atoms with E-state index in [9.17, 15) is 21.6 Å². The predicted molar refractivity (Wildman–Crippen MR) is 144 cm³/mol. The summed E-state index contributed by atoms with van der Waals surface area (Å²) in [5, 5.41) is 5.05. The van der Waals surface area contributed by atoms with E-state index < -0.39 is 26.3 Å². The molecule has 0 saturated heterocycles. The van der Waals surface area contributed by atoms with E-state index in [0.717, 1.165) is 11.1 Å². The van der Waals surface area contributed by atoms with Gasteiger partial charge in [-0.15, -0.1) is 0 Å². The molecule has 0 aliphatic heterocycles. The molecule has 9 nitrogen and oxygen atoms in total. The van der Waals surface area contributed by atoms with Gasteiger partial charge in [0.1, 0.15) is 9.79 Å². The number of para-hydroxylation sites is 4. The fourth-order valence-corrected chi connectivity index (χ4v) is 5.20. The van der Waals surface area contributed by atoms with Crippen molar-refractivity contribution < 1.29 is 30.0 Å². The molecular weight excluding hydrogens is 528 g/mol. The maximum absolute atomic E-state index is 12.8. The zero-order chi connectivity index (χ0) is 27.3. The van der Waals surface area contributed by atoms with E-state index in [1.54, 1.807) is 48.5 Å². The minimum Gasteiger partial charge on any atom is -0.377 e. The Kier molecular flexibility index (Phi) is 7.70. The Labute approximate surface area is 221 Å². The molecule has 0 atom stereocenters. The van der Waals surface area contributed by atoms with E-state index in [-0.39, 0.29) is 32.7 Å². The molecule has 4 rings (SSSR count). The SMILES string of the molecule is Cc1ccc(S(=O)(=O)Oc2ccccc2NC(=O)Nc2ccccc2OS(=O)(=O)c2ccc(C)cc2)cc1. The summed E-state index contributed by atoms with van der Waals surface area (Å²) < 4.78 is 61.5. The Morgan fingerprint density at radius 2 is 0.895 bits per heavy atom. The second-order valence-electron chi connectivity index (χ2n) is 8.27. The van der Waals surface area contributed by atoms with E-state index >= 15 is 0 Å². The van der Waals surface area contributed by atoms with Crippen molar-refractivity contribution in [1.82, 2.24) is 0 Å². The fourth-order valence-electron chi connectivity index (χ4n) is 3.30. The number of benzene rings is 4. The van der Waals surface area contributed by atoms with Gasteiger partial charge in [0.05, 0.1) is 11.4 Å². The molecule has 0 aromatic heterocycles. The number of anilines is 2. The van der Waals surface area contributed by atoms with Gasteiger partial charge in [-0.3, -0.25) is 0 Å². The van der Waals surface area contributed by atoms with Crippen molar-refractivity contribution in [3.63, 3.8) is 0 Å². The number of carbonyl (C=O) groups excluding carboxylic acids is 1. The van der Waals surface area contributed by atoms with Crippen LogP contribution in [0.3, 0.4) is 0 Å². The highest BCUT2D eigenvalue weighted by Crippen LogP contribution is 2.30. The van der Waals surface area contributed by atoms with Gasteiger partial charge in [-0.25, -0.2) is 4.79 Å². The van der Waals surface area contributed by atoms with Crippen LogP contribution in [0, 0.1) is 13.8 Å². The normalized spacial score (nSPS) is 11.4. The molecule has 0 bridgehead atoms. The maximum Gasteiger partial charge on any atom is 0.339 e. The molecule has 0 heterocycles. The number of carbonyl (C=O) groups is 1. The van der Waals surface area contributed by atoms with Gasteiger partial charge in [0.25, 0.3) is 0 Å². The molecule has 0 saturated carbocycles. The molecule has 2 amide bonds. The lowest BCUT2D eigenvalue weighted by Gasteiger charge is -2.15. The fraction of sp³-hybridized carbons (Fsp3) is 0.0741. The summed E-state index contributed by atoms with van der Waals surface area (Å²) in [4.78, 5) is 12.7. The quantitative estimate of drug-likeness (QED) is 0.277. The van der Waals surface area contributed by atoms with Gasteiger partial charge in [0, 0.05) is 0 Å². The molecule has 11 heteroatoms. The van der Waals surface area contributed by atoms with E-state index in [4.69, 9.17) is 8.37 Å². The number of amides is 2. The van der Waals surface area contributed by atoms with Crippen LogP contribution in [0.4, 0.5) is 16.2 Å². The molecule has 0 fully saturated rings. The smallest absolute Gasteiger partial charge is 0.339 e. The Bertz CT molecular complexity index is 1540. The molecule has 0 unspecified atom stereocenters. The monoisotopic (exact) mass is 552 g/mol. The van der Waals surface area contributed by atoms with E-state index in [0.29, 0.717) is 0 Å². The third-order valence-electron chi connectivity index (χ3n) is 5.29. The summed E-state index contributed by atoms with van der Waals surface area (Å²) in [5.74, 6) is -0.204. The van der Waals surface area contributed by atoms with Crippen molar-refractivity contribution >= 4 is 37.6 Å². The number of urea groups is 1. The van der Waals surface area contributed by atoms with Crippen LogP contribution in [0.5, 0.6) is 11.5 Å². The zero-order valence-corrected chi connectivity index (χ0v) is 22.0. The topological polar surface area (TPSA) is 128 Å². The molecule has 4 aromatic rings. The second-order valence-corrected chi connectivity index (χ2v) is 11.4. The summed E-state index contributed by atoms with van der Waals surface area (Å²) >= 11 is 0. The molecule has 0 radical (unpaired) electrons. The number of nitrogens with one attached hydrogen (secondary N) is 2. The average Bonchev–Trinajstić information content (AvgIpc) is 2.87. The Balaban J connectivity index is 1.51. The van der Waals surface area contributed by atoms with E-state index in [2.05, 4.69) is 10.6 Å². The highest BCUT2D eigenvalue weighted by molar-refractivity contribution is 7.87. The first-order valence-corrected chi connectivity index (χ1v) is 14.1. The first kappa shape index (κ1) is 26.7. The van der Waals surface area contributed by atoms with Crippen LogP contribution in [0.2, 0.25) is 0 Å². The first-order chi connectivity index (χ1) is 18.0. The molecule has 0 aliphatic rings. The summed E-state index contributed by atoms with van der Waals surface area (Å²) in [5.41, 5.74) is 1.93. The highest BCUT2D eigenvalue weighted by atomic mass is 32.2. The van der Waals surface area contributed by atoms with Crippen molar-refractivity contribution in [2.75, 3.05) is 10.6 Å². The zero-order valence-electron chi connectivity index (χ0n) is 20.4. The Hall–Kier alpha value is -4.35. The Morgan fingerprint density at radius 1 is 0.553 bits per heavy atom. The van der Waals surface area contributed by atoms with Crippen LogP contribution in [-0.2, 0) is 20.2 Å². The number of aryl methyl sites for hydroxylation is 2. The molecule has 196 valence electrons. The van der Waals surface area contributed by atoms with Crippen LogP contribution < -0.4 is 19.0 Å². The summed E-state index contributed by atoms with van der Waals surface area (Å²) in [6, 6.07) is 23.5. The standard InChI is InChI=1S/C27H24N2O7S2/c1-19-11-15-21(16-12-19)37(31,32)35-25-9-5-3-7-23(25)28-27(30)29-24-8-4-6-10-26(24)36-38(33,34)22-17-13-20(2)14-18-22/h3-18H,1-2H3,(H2,28,29,30). The predicted octanol–water partition coefficient (Wildman–Crippen LogP) is 5.48. The van der Waals surface area contributed by atoms with Gasteiger partial charge in [0.15, 0.2) is 11.5 Å². The van der Waals surface area contributed by atoms with Crippen molar-refractivity contribution in [1.29, 1.82) is 0 Å². The van der Waals surface area contributed by atoms with Crippen molar-refractivity contribution in [3.8, 4) is 11.5 Å². The van der Waals surface area contributed by atoms with Gasteiger partial charge in [-0.2, -0.15) is 16.8 Å². The largest absolute Gasteiger partial charge is 0.377 e. The maximum atomic E-state index is 12.8. The summed E-state index contributed by atoms with van der Waals surface area (Å²) in [6.45, 7) is 3.66. The number of hydrogen-bond donors (Lipinski definition) is 2. The van der Waals surface area contributed by atoms with Gasteiger partial charge < -0.3 is 19.0 Å². The van der Waals surface area contributed by atoms with Gasteiger partial charge in [-0.1, -0.05) is 59.7 Å². The molecule has 0 aliphatic carbocycles. The van der Waals surface area contributed by atoms with Gasteiger partial charge in [0.2, 0.25) is 0 Å². The lowest BCUT2D eigenvalue weighted by molar-refractivity contribution is 0.262. The first-order valence-electron chi connectivity index (χ1n) is 11.3. The minimum atomic E-state index is -4.16. The summed E-state index contributed by atoms with van der Waals surface area (Å²) in [6.07, 6.45) is 0. The lowest BCUT2D eigenvalue weighted by Crippen LogP contribution is -2.21. The molecule has 2 N–H and O–H groups in total. The van der Waals surface area contributed by atoms with Gasteiger partial charge >= 0.3 is 26.3 Å². The molecule has 4 aromatic carbocycles. The molecular formula is C27H24N2O7S2. The van der Waals surface area contributed by atoms with Crippen LogP contribution in [0.25, 0.3) is 0 Å². The van der Waals surface area contributed by atoms with Crippen LogP contribution in [0.1, 0.15) is 11.1 Å². The lowest BCUT2D eigenvalue weighted by atomic mass is 10.2. The van der Waals surface area contributed by atoms with Crippen LogP contribution in [-0.4, -0.2) is 22.9 Å². The van der Waals surface area contributed by atoms with Crippen molar-refractivity contribution in [2.24, 2.45) is 0 Å². The number of hydrogen-bond acceptors (Lipinski definition) is 7. The third kappa shape index (κ3) is 6.50. The minimum absolute atomic E-state index is 0.0387.